The highest BCUT2D eigenvalue weighted by atomic mass is 32.2. The van der Waals surface area contributed by atoms with Gasteiger partial charge in [0.15, 0.2) is 0 Å². The van der Waals surface area contributed by atoms with Crippen molar-refractivity contribution in [1.82, 2.24) is 14.7 Å². The molecule has 1 rings (SSSR count). The topological polar surface area (TPSA) is 78.0 Å². The van der Waals surface area contributed by atoms with Crippen LogP contribution in [0.15, 0.2) is 0 Å². The summed E-state index contributed by atoms with van der Waals surface area (Å²) in [4.78, 5) is 56.0. The quantitative estimate of drug-likeness (QED) is 0.365. The molecular weight excluding hydrogens is 462 g/mol. The molecule has 0 aromatic carbocycles. The molecule has 1 saturated heterocycles. The minimum atomic E-state index is -0.0937. The molecule has 202 valence electrons. The van der Waals surface area contributed by atoms with Gasteiger partial charge in [-0.2, -0.15) is 11.8 Å². The summed E-state index contributed by atoms with van der Waals surface area (Å²) in [6, 6.07) is 0. The van der Waals surface area contributed by atoms with Crippen LogP contribution in [0.2, 0.25) is 0 Å². The Hall–Kier alpha value is -1.57. The van der Waals surface area contributed by atoms with Gasteiger partial charge in [-0.15, -0.1) is 0 Å². The molecule has 1 aliphatic rings. The van der Waals surface area contributed by atoms with Crippen molar-refractivity contribution in [2.45, 2.75) is 94.4 Å². The van der Waals surface area contributed by atoms with Crippen LogP contribution in [0.25, 0.3) is 0 Å². The second-order valence-electron chi connectivity index (χ2n) is 12.6. The third-order valence-corrected chi connectivity index (χ3v) is 7.45. The van der Waals surface area contributed by atoms with Gasteiger partial charge in [-0.1, -0.05) is 62.3 Å². The Morgan fingerprint density at radius 3 is 1.40 bits per heavy atom. The minimum Gasteiger partial charge on any atom is -0.307 e. The molecular formula is C27H49N3O4S. The summed E-state index contributed by atoms with van der Waals surface area (Å²) in [5.41, 5.74) is 0.0653. The molecule has 0 bridgehead atoms. The summed E-state index contributed by atoms with van der Waals surface area (Å²) in [7, 11) is 0. The number of Topliss-reactive ketones (excluding diaryl/α,β-unsaturated/α-hetero) is 1. The number of carbonyl (C=O) groups is 4. The smallest absolute Gasteiger partial charge is 0.226 e. The lowest BCUT2D eigenvalue weighted by Crippen LogP contribution is -2.59. The Bertz CT molecular complexity index is 702. The summed E-state index contributed by atoms with van der Waals surface area (Å²) in [6.45, 7) is 19.2. The molecule has 0 saturated carbocycles. The van der Waals surface area contributed by atoms with E-state index in [1.807, 2.05) is 20.8 Å². The molecule has 0 spiro atoms. The van der Waals surface area contributed by atoms with E-state index in [1.54, 1.807) is 14.7 Å². The largest absolute Gasteiger partial charge is 0.307 e. The zero-order chi connectivity index (χ0) is 27.0. The fraction of sp³-hybridized carbons (Fsp3) is 0.852. The number of hydrogen-bond acceptors (Lipinski definition) is 5. The predicted molar refractivity (Wildman–Crippen MR) is 143 cm³/mol. The molecule has 0 aliphatic carbocycles. The SMILES string of the molecule is CC(C)C(C)C(=O)CSCCC(=O)N1CN(C(=O)CCC(C)(C)C)CN(C(=O)CCC(C)(C)C)C1. The molecule has 7 nitrogen and oxygen atoms in total. The van der Waals surface area contributed by atoms with Crippen molar-refractivity contribution >= 4 is 35.3 Å². The summed E-state index contributed by atoms with van der Waals surface area (Å²) < 4.78 is 0. The second-order valence-corrected chi connectivity index (χ2v) is 13.8. The zero-order valence-electron chi connectivity index (χ0n) is 23.6. The van der Waals surface area contributed by atoms with Crippen molar-refractivity contribution in [3.05, 3.63) is 0 Å². The fourth-order valence-electron chi connectivity index (χ4n) is 3.50. The molecule has 0 radical (unpaired) electrons. The van der Waals surface area contributed by atoms with Gasteiger partial charge < -0.3 is 14.7 Å². The minimum absolute atomic E-state index is 0.0145. The van der Waals surface area contributed by atoms with Crippen molar-refractivity contribution in [3.8, 4) is 0 Å². The van der Waals surface area contributed by atoms with Gasteiger partial charge in [-0.25, -0.2) is 0 Å². The van der Waals surface area contributed by atoms with E-state index in [1.165, 1.54) is 11.8 Å². The normalized spacial score (nSPS) is 16.0. The number of nitrogens with zero attached hydrogens (tertiary/aromatic N) is 3. The third kappa shape index (κ3) is 12.3. The Morgan fingerprint density at radius 1 is 0.686 bits per heavy atom. The maximum Gasteiger partial charge on any atom is 0.226 e. The lowest BCUT2D eigenvalue weighted by Gasteiger charge is -2.42. The molecule has 35 heavy (non-hydrogen) atoms. The Kier molecular flexibility index (Phi) is 12.3. The van der Waals surface area contributed by atoms with Crippen LogP contribution in [0.1, 0.15) is 94.4 Å². The number of ketones is 1. The van der Waals surface area contributed by atoms with Crippen LogP contribution in [0.4, 0.5) is 0 Å². The zero-order valence-corrected chi connectivity index (χ0v) is 24.4. The molecule has 8 heteroatoms. The van der Waals surface area contributed by atoms with Crippen molar-refractivity contribution in [3.63, 3.8) is 0 Å². The molecule has 1 heterocycles. The molecule has 0 aromatic heterocycles. The Balaban J connectivity index is 2.77. The van der Waals surface area contributed by atoms with Gasteiger partial charge in [0, 0.05) is 30.9 Å². The van der Waals surface area contributed by atoms with Crippen LogP contribution in [0, 0.1) is 22.7 Å². The van der Waals surface area contributed by atoms with E-state index < -0.39 is 0 Å². The van der Waals surface area contributed by atoms with E-state index in [-0.39, 0.29) is 66.7 Å². The van der Waals surface area contributed by atoms with Crippen molar-refractivity contribution in [2.75, 3.05) is 31.5 Å². The Morgan fingerprint density at radius 2 is 1.06 bits per heavy atom. The van der Waals surface area contributed by atoms with E-state index in [2.05, 4.69) is 41.5 Å². The number of hydrogen-bond donors (Lipinski definition) is 0. The van der Waals surface area contributed by atoms with Gasteiger partial charge in [0.1, 0.15) is 5.78 Å². The summed E-state index contributed by atoms with van der Waals surface area (Å²) in [5, 5.41) is 0. The van der Waals surface area contributed by atoms with Gasteiger partial charge in [-0.05, 0) is 29.6 Å². The first-order valence-electron chi connectivity index (χ1n) is 12.9. The van der Waals surface area contributed by atoms with Gasteiger partial charge in [0.05, 0.1) is 25.8 Å². The molecule has 1 atom stereocenters. The highest BCUT2D eigenvalue weighted by molar-refractivity contribution is 7.99. The van der Waals surface area contributed by atoms with E-state index >= 15 is 0 Å². The van der Waals surface area contributed by atoms with Gasteiger partial charge in [0.2, 0.25) is 17.7 Å². The lowest BCUT2D eigenvalue weighted by atomic mass is 9.90. The van der Waals surface area contributed by atoms with Crippen molar-refractivity contribution in [2.24, 2.45) is 22.7 Å². The molecule has 0 N–H and O–H groups in total. The van der Waals surface area contributed by atoms with Gasteiger partial charge in [-0.3, -0.25) is 19.2 Å². The first-order valence-corrected chi connectivity index (χ1v) is 14.1. The maximum atomic E-state index is 13.0. The third-order valence-electron chi connectivity index (χ3n) is 6.47. The lowest BCUT2D eigenvalue weighted by molar-refractivity contribution is -0.159. The second kappa shape index (κ2) is 13.7. The Labute approximate surface area is 217 Å². The first kappa shape index (κ1) is 31.5. The van der Waals surface area contributed by atoms with Gasteiger partial charge in [0.25, 0.3) is 0 Å². The average Bonchev–Trinajstić information content (AvgIpc) is 2.76. The number of thioether (sulfide) groups is 1. The van der Waals surface area contributed by atoms with Crippen LogP contribution in [-0.2, 0) is 19.2 Å². The predicted octanol–water partition coefficient (Wildman–Crippen LogP) is 5.00. The standard InChI is InChI=1S/C27H49N3O4S/c1-20(2)21(3)22(31)16-35-15-12-25(34)30-18-28(23(32)10-13-26(4,5)6)17-29(19-30)24(33)11-14-27(7,8)9/h20-21H,10-19H2,1-9H3. The van der Waals surface area contributed by atoms with Crippen LogP contribution in [0.3, 0.4) is 0 Å². The fourth-order valence-corrected chi connectivity index (χ4v) is 4.43. The highest BCUT2D eigenvalue weighted by Gasteiger charge is 2.32. The average molecular weight is 512 g/mol. The van der Waals surface area contributed by atoms with Crippen LogP contribution < -0.4 is 0 Å². The maximum absolute atomic E-state index is 13.0. The highest BCUT2D eigenvalue weighted by Crippen LogP contribution is 2.24. The van der Waals surface area contributed by atoms with Crippen molar-refractivity contribution < 1.29 is 19.2 Å². The summed E-state index contributed by atoms with van der Waals surface area (Å²) in [5.74, 6) is 1.32. The molecule has 1 unspecified atom stereocenters. The van der Waals surface area contributed by atoms with E-state index in [9.17, 15) is 19.2 Å². The van der Waals surface area contributed by atoms with E-state index in [0.29, 0.717) is 30.3 Å². The van der Waals surface area contributed by atoms with Crippen LogP contribution in [-0.4, -0.2) is 69.7 Å². The van der Waals surface area contributed by atoms with Crippen LogP contribution in [0.5, 0.6) is 0 Å². The molecule has 1 aliphatic heterocycles. The van der Waals surface area contributed by atoms with E-state index in [0.717, 1.165) is 12.8 Å². The van der Waals surface area contributed by atoms with Crippen molar-refractivity contribution in [1.29, 1.82) is 0 Å². The summed E-state index contributed by atoms with van der Waals surface area (Å²) in [6.07, 6.45) is 2.55. The van der Waals surface area contributed by atoms with Gasteiger partial charge >= 0.3 is 0 Å². The molecule has 1 fully saturated rings. The first-order chi connectivity index (χ1) is 16.0. The van der Waals surface area contributed by atoms with Crippen LogP contribution >= 0.6 is 11.8 Å². The molecule has 0 aromatic rings. The number of rotatable bonds is 11. The number of amides is 3. The summed E-state index contributed by atoms with van der Waals surface area (Å²) >= 11 is 1.48. The monoisotopic (exact) mass is 511 g/mol. The van der Waals surface area contributed by atoms with E-state index in [4.69, 9.17) is 0 Å². The number of carbonyl (C=O) groups excluding carboxylic acids is 4. The molecule has 3 amide bonds.